The molecule has 1 fully saturated rings. The van der Waals surface area contributed by atoms with E-state index in [1.54, 1.807) is 18.2 Å². The van der Waals surface area contributed by atoms with E-state index < -0.39 is 11.9 Å². The van der Waals surface area contributed by atoms with Crippen molar-refractivity contribution >= 4 is 23.5 Å². The third kappa shape index (κ3) is 4.93. The molecule has 0 aromatic heterocycles. The predicted molar refractivity (Wildman–Crippen MR) is 80.6 cm³/mol. The standard InChI is InChI=1S/C15H19ClN2O3/c1-10-8-12(6-7-13(10)16)21-9-14(19)18-15(20)17-11-4-2-3-5-11/h6-8,11H,2-5,9H2,1H3,(H2,17,18,19,20). The molecule has 1 aliphatic rings. The van der Waals surface area contributed by atoms with Gasteiger partial charge in [-0.2, -0.15) is 0 Å². The van der Waals surface area contributed by atoms with Crippen LogP contribution in [0.1, 0.15) is 31.2 Å². The van der Waals surface area contributed by atoms with E-state index in [4.69, 9.17) is 16.3 Å². The van der Waals surface area contributed by atoms with Crippen LogP contribution >= 0.6 is 11.6 Å². The summed E-state index contributed by atoms with van der Waals surface area (Å²) in [4.78, 5) is 23.2. The molecule has 5 nitrogen and oxygen atoms in total. The number of hydrogen-bond donors (Lipinski definition) is 2. The first-order valence-corrected chi connectivity index (χ1v) is 7.41. The molecule has 0 atom stereocenters. The molecule has 0 bridgehead atoms. The normalized spacial score (nSPS) is 14.8. The lowest BCUT2D eigenvalue weighted by molar-refractivity contribution is -0.122. The number of benzene rings is 1. The lowest BCUT2D eigenvalue weighted by Crippen LogP contribution is -2.45. The van der Waals surface area contributed by atoms with Gasteiger partial charge in [-0.15, -0.1) is 0 Å². The third-order valence-electron chi connectivity index (χ3n) is 3.44. The average molecular weight is 311 g/mol. The van der Waals surface area contributed by atoms with Crippen LogP contribution in [-0.2, 0) is 4.79 Å². The van der Waals surface area contributed by atoms with Crippen molar-refractivity contribution in [2.45, 2.75) is 38.6 Å². The molecule has 3 amide bonds. The topological polar surface area (TPSA) is 67.4 Å². The Labute approximate surface area is 129 Å². The van der Waals surface area contributed by atoms with Gasteiger partial charge < -0.3 is 10.1 Å². The zero-order chi connectivity index (χ0) is 15.2. The molecule has 1 saturated carbocycles. The summed E-state index contributed by atoms with van der Waals surface area (Å²) in [6, 6.07) is 4.85. The molecule has 2 rings (SSSR count). The lowest BCUT2D eigenvalue weighted by Gasteiger charge is -2.12. The maximum absolute atomic E-state index is 11.6. The second-order valence-corrected chi connectivity index (χ2v) is 5.61. The van der Waals surface area contributed by atoms with Gasteiger partial charge in [0.1, 0.15) is 5.75 Å². The van der Waals surface area contributed by atoms with Crippen LogP contribution in [0.3, 0.4) is 0 Å². The molecule has 0 radical (unpaired) electrons. The zero-order valence-corrected chi connectivity index (χ0v) is 12.7. The molecule has 21 heavy (non-hydrogen) atoms. The Morgan fingerprint density at radius 1 is 1.33 bits per heavy atom. The van der Waals surface area contributed by atoms with Crippen molar-refractivity contribution < 1.29 is 14.3 Å². The molecule has 114 valence electrons. The number of carbonyl (C=O) groups excluding carboxylic acids is 2. The molecule has 1 aromatic carbocycles. The maximum atomic E-state index is 11.6. The van der Waals surface area contributed by atoms with Gasteiger partial charge in [-0.1, -0.05) is 24.4 Å². The molecule has 1 aromatic rings. The van der Waals surface area contributed by atoms with Crippen molar-refractivity contribution in [1.29, 1.82) is 0 Å². The van der Waals surface area contributed by atoms with E-state index in [1.165, 1.54) is 0 Å². The Morgan fingerprint density at radius 3 is 2.71 bits per heavy atom. The molecular weight excluding hydrogens is 292 g/mol. The minimum Gasteiger partial charge on any atom is -0.484 e. The highest BCUT2D eigenvalue weighted by molar-refractivity contribution is 6.31. The van der Waals surface area contributed by atoms with Gasteiger partial charge in [0.25, 0.3) is 5.91 Å². The second-order valence-electron chi connectivity index (χ2n) is 5.20. The summed E-state index contributed by atoms with van der Waals surface area (Å²) < 4.78 is 5.32. The van der Waals surface area contributed by atoms with Gasteiger partial charge in [0, 0.05) is 11.1 Å². The van der Waals surface area contributed by atoms with Gasteiger partial charge >= 0.3 is 6.03 Å². The molecule has 0 saturated heterocycles. The summed E-state index contributed by atoms with van der Waals surface area (Å²) in [6.45, 7) is 1.64. The summed E-state index contributed by atoms with van der Waals surface area (Å²) in [5, 5.41) is 5.69. The number of halogens is 1. The van der Waals surface area contributed by atoms with Crippen LogP contribution in [-0.4, -0.2) is 24.6 Å². The first-order chi connectivity index (χ1) is 10.0. The Hall–Kier alpha value is -1.75. The van der Waals surface area contributed by atoms with E-state index in [-0.39, 0.29) is 12.6 Å². The summed E-state index contributed by atoms with van der Waals surface area (Å²) in [5.74, 6) is 0.0707. The quantitative estimate of drug-likeness (QED) is 0.898. The van der Waals surface area contributed by atoms with Crippen molar-refractivity contribution in [1.82, 2.24) is 10.6 Å². The fourth-order valence-electron chi connectivity index (χ4n) is 2.31. The Morgan fingerprint density at radius 2 is 2.05 bits per heavy atom. The van der Waals surface area contributed by atoms with E-state index >= 15 is 0 Å². The highest BCUT2D eigenvalue weighted by Crippen LogP contribution is 2.21. The number of hydrogen-bond acceptors (Lipinski definition) is 3. The van der Waals surface area contributed by atoms with Gasteiger partial charge in [0.2, 0.25) is 0 Å². The molecule has 6 heteroatoms. The van der Waals surface area contributed by atoms with Gasteiger partial charge in [0.05, 0.1) is 0 Å². The van der Waals surface area contributed by atoms with Crippen molar-refractivity contribution in [2.75, 3.05) is 6.61 Å². The monoisotopic (exact) mass is 310 g/mol. The van der Waals surface area contributed by atoms with Gasteiger partial charge in [-0.05, 0) is 43.5 Å². The van der Waals surface area contributed by atoms with E-state index in [1.807, 2.05) is 6.92 Å². The number of urea groups is 1. The van der Waals surface area contributed by atoms with Crippen molar-refractivity contribution in [3.63, 3.8) is 0 Å². The first kappa shape index (κ1) is 15.6. The summed E-state index contributed by atoms with van der Waals surface area (Å²) in [5.41, 5.74) is 0.869. The molecular formula is C15H19ClN2O3. The van der Waals surface area contributed by atoms with Gasteiger partial charge in [0.15, 0.2) is 6.61 Å². The second kappa shape index (κ2) is 7.31. The van der Waals surface area contributed by atoms with E-state index in [0.29, 0.717) is 10.8 Å². The Bertz CT molecular complexity index is 528. The Balaban J connectivity index is 1.73. The summed E-state index contributed by atoms with van der Waals surface area (Å²) in [6.07, 6.45) is 4.19. The zero-order valence-electron chi connectivity index (χ0n) is 11.9. The van der Waals surface area contributed by atoms with Crippen LogP contribution in [0.25, 0.3) is 0 Å². The van der Waals surface area contributed by atoms with E-state index in [2.05, 4.69) is 10.6 Å². The molecule has 0 spiro atoms. The number of carbonyl (C=O) groups is 2. The smallest absolute Gasteiger partial charge is 0.321 e. The molecule has 0 heterocycles. The average Bonchev–Trinajstić information content (AvgIpc) is 2.92. The molecule has 0 aliphatic heterocycles. The summed E-state index contributed by atoms with van der Waals surface area (Å²) in [7, 11) is 0. The maximum Gasteiger partial charge on any atom is 0.321 e. The fourth-order valence-corrected chi connectivity index (χ4v) is 2.43. The summed E-state index contributed by atoms with van der Waals surface area (Å²) >= 11 is 5.91. The fraction of sp³-hybridized carbons (Fsp3) is 0.467. The highest BCUT2D eigenvalue weighted by atomic mass is 35.5. The number of rotatable bonds is 4. The number of amides is 3. The molecule has 2 N–H and O–H groups in total. The minimum atomic E-state index is -0.474. The van der Waals surface area contributed by atoms with Crippen LogP contribution in [0, 0.1) is 6.92 Å². The third-order valence-corrected chi connectivity index (χ3v) is 3.87. The van der Waals surface area contributed by atoms with E-state index in [9.17, 15) is 9.59 Å². The molecule has 1 aliphatic carbocycles. The van der Waals surface area contributed by atoms with E-state index in [0.717, 1.165) is 31.2 Å². The highest BCUT2D eigenvalue weighted by Gasteiger charge is 2.18. The SMILES string of the molecule is Cc1cc(OCC(=O)NC(=O)NC2CCCC2)ccc1Cl. The first-order valence-electron chi connectivity index (χ1n) is 7.04. The van der Waals surface area contributed by atoms with Crippen LogP contribution in [0.5, 0.6) is 5.75 Å². The number of aryl methyl sites for hydroxylation is 1. The van der Waals surface area contributed by atoms with Crippen LogP contribution < -0.4 is 15.4 Å². The van der Waals surface area contributed by atoms with Gasteiger partial charge in [-0.25, -0.2) is 4.79 Å². The van der Waals surface area contributed by atoms with Crippen molar-refractivity contribution in [3.05, 3.63) is 28.8 Å². The number of imide groups is 1. The Kier molecular flexibility index (Phi) is 5.44. The van der Waals surface area contributed by atoms with Gasteiger partial charge in [-0.3, -0.25) is 10.1 Å². The largest absolute Gasteiger partial charge is 0.484 e. The predicted octanol–water partition coefficient (Wildman–Crippen LogP) is 2.80. The van der Waals surface area contributed by atoms with Crippen LogP contribution in [0.2, 0.25) is 5.02 Å². The van der Waals surface area contributed by atoms with Crippen LogP contribution in [0.4, 0.5) is 4.79 Å². The molecule has 0 unspecified atom stereocenters. The lowest BCUT2D eigenvalue weighted by atomic mass is 10.2. The van der Waals surface area contributed by atoms with Crippen LogP contribution in [0.15, 0.2) is 18.2 Å². The number of nitrogens with one attached hydrogen (secondary N) is 2. The van der Waals surface area contributed by atoms with Crippen molar-refractivity contribution in [2.24, 2.45) is 0 Å². The van der Waals surface area contributed by atoms with Crippen molar-refractivity contribution in [3.8, 4) is 5.75 Å². The number of ether oxygens (including phenoxy) is 1. The minimum absolute atomic E-state index is 0.178.